The molecule has 0 radical (unpaired) electrons. The number of rotatable bonds is 7. The molecule has 3 heteroatoms. The Labute approximate surface area is 117 Å². The fourth-order valence-corrected chi connectivity index (χ4v) is 2.47. The molecule has 1 aromatic heterocycles. The number of pyridine rings is 1. The van der Waals surface area contributed by atoms with E-state index in [4.69, 9.17) is 0 Å². The zero-order valence-corrected chi connectivity index (χ0v) is 12.5. The summed E-state index contributed by atoms with van der Waals surface area (Å²) in [6.45, 7) is 9.71. The molecule has 3 nitrogen and oxygen atoms in total. The molecule has 1 fully saturated rings. The predicted molar refractivity (Wildman–Crippen MR) is 81.4 cm³/mol. The fourth-order valence-electron chi connectivity index (χ4n) is 2.47. The van der Waals surface area contributed by atoms with Crippen LogP contribution in [0.15, 0.2) is 18.3 Å². The molecular weight excluding hydrogens is 234 g/mol. The number of anilines is 1. The van der Waals surface area contributed by atoms with Gasteiger partial charge in [-0.2, -0.15) is 0 Å². The molecule has 0 saturated heterocycles. The van der Waals surface area contributed by atoms with E-state index in [1.54, 1.807) is 0 Å². The second-order valence-corrected chi connectivity index (χ2v) is 5.88. The Bertz CT molecular complexity index is 385. The van der Waals surface area contributed by atoms with E-state index in [1.165, 1.54) is 31.5 Å². The van der Waals surface area contributed by atoms with Gasteiger partial charge in [-0.25, -0.2) is 0 Å². The lowest BCUT2D eigenvalue weighted by Gasteiger charge is -2.33. The quantitative estimate of drug-likeness (QED) is 0.817. The third-order valence-electron chi connectivity index (χ3n) is 3.94. The standard InChI is InChI=1S/C16H27N3/c1-4-19(12-14-6-5-7-14)16-8-9-17-15(10-16)11-18-13(2)3/h8-10,13-14,18H,4-7,11-12H2,1-3H3. The molecule has 1 saturated carbocycles. The van der Waals surface area contributed by atoms with Crippen molar-refractivity contribution in [2.45, 2.75) is 52.6 Å². The Kier molecular flexibility index (Phi) is 5.20. The van der Waals surface area contributed by atoms with E-state index in [-0.39, 0.29) is 0 Å². The Hall–Kier alpha value is -1.09. The van der Waals surface area contributed by atoms with Gasteiger partial charge in [0.2, 0.25) is 0 Å². The number of nitrogens with one attached hydrogen (secondary N) is 1. The number of hydrogen-bond acceptors (Lipinski definition) is 3. The third kappa shape index (κ3) is 4.20. The van der Waals surface area contributed by atoms with Crippen LogP contribution in [0.4, 0.5) is 5.69 Å². The van der Waals surface area contributed by atoms with Crippen molar-refractivity contribution >= 4 is 5.69 Å². The summed E-state index contributed by atoms with van der Waals surface area (Å²) in [5.41, 5.74) is 2.46. The van der Waals surface area contributed by atoms with Gasteiger partial charge in [0.15, 0.2) is 0 Å². The molecule has 19 heavy (non-hydrogen) atoms. The Morgan fingerprint density at radius 3 is 2.79 bits per heavy atom. The van der Waals surface area contributed by atoms with Gasteiger partial charge in [-0.05, 0) is 37.8 Å². The first-order valence-electron chi connectivity index (χ1n) is 7.62. The molecule has 0 aliphatic heterocycles. The van der Waals surface area contributed by atoms with Gasteiger partial charge in [0.25, 0.3) is 0 Å². The van der Waals surface area contributed by atoms with Gasteiger partial charge >= 0.3 is 0 Å². The molecule has 0 spiro atoms. The van der Waals surface area contributed by atoms with Gasteiger partial charge in [-0.15, -0.1) is 0 Å². The maximum Gasteiger partial charge on any atom is 0.0562 e. The monoisotopic (exact) mass is 261 g/mol. The largest absolute Gasteiger partial charge is 0.371 e. The third-order valence-corrected chi connectivity index (χ3v) is 3.94. The summed E-state index contributed by atoms with van der Waals surface area (Å²) >= 11 is 0. The summed E-state index contributed by atoms with van der Waals surface area (Å²) < 4.78 is 0. The molecular formula is C16H27N3. The van der Waals surface area contributed by atoms with Crippen molar-refractivity contribution in [3.05, 3.63) is 24.0 Å². The highest BCUT2D eigenvalue weighted by Gasteiger charge is 2.20. The van der Waals surface area contributed by atoms with Crippen molar-refractivity contribution in [3.8, 4) is 0 Å². The molecule has 1 aliphatic rings. The van der Waals surface area contributed by atoms with Gasteiger partial charge in [0.1, 0.15) is 0 Å². The molecule has 0 aromatic carbocycles. The molecule has 0 atom stereocenters. The summed E-state index contributed by atoms with van der Waals surface area (Å²) in [5.74, 6) is 0.908. The average molecular weight is 261 g/mol. The summed E-state index contributed by atoms with van der Waals surface area (Å²) in [4.78, 5) is 6.94. The van der Waals surface area contributed by atoms with Crippen molar-refractivity contribution in [2.24, 2.45) is 5.92 Å². The van der Waals surface area contributed by atoms with Gasteiger partial charge < -0.3 is 10.2 Å². The number of nitrogens with zero attached hydrogens (tertiary/aromatic N) is 2. The van der Waals surface area contributed by atoms with Crippen molar-refractivity contribution in [2.75, 3.05) is 18.0 Å². The predicted octanol–water partition coefficient (Wildman–Crippen LogP) is 3.21. The minimum Gasteiger partial charge on any atom is -0.371 e. The first-order chi connectivity index (χ1) is 9.19. The van der Waals surface area contributed by atoms with Crippen LogP contribution in [0.2, 0.25) is 0 Å². The van der Waals surface area contributed by atoms with E-state index in [1.807, 2.05) is 6.20 Å². The molecule has 1 aliphatic carbocycles. The van der Waals surface area contributed by atoms with Gasteiger partial charge in [0.05, 0.1) is 5.69 Å². The Balaban J connectivity index is 1.98. The molecule has 2 rings (SSSR count). The van der Waals surface area contributed by atoms with E-state index in [2.05, 4.69) is 48.1 Å². The highest BCUT2D eigenvalue weighted by Crippen LogP contribution is 2.28. The van der Waals surface area contributed by atoms with Gasteiger partial charge in [-0.1, -0.05) is 20.3 Å². The fraction of sp³-hybridized carbons (Fsp3) is 0.688. The molecule has 0 unspecified atom stereocenters. The minimum absolute atomic E-state index is 0.503. The second-order valence-electron chi connectivity index (χ2n) is 5.88. The van der Waals surface area contributed by atoms with Crippen LogP contribution in [0.5, 0.6) is 0 Å². The minimum atomic E-state index is 0.503. The molecule has 0 amide bonds. The summed E-state index contributed by atoms with van der Waals surface area (Å²) in [5, 5.41) is 3.43. The van der Waals surface area contributed by atoms with Crippen LogP contribution in [0.1, 0.15) is 45.7 Å². The lowest BCUT2D eigenvalue weighted by atomic mass is 9.85. The van der Waals surface area contributed by atoms with E-state index in [9.17, 15) is 0 Å². The second kappa shape index (κ2) is 6.90. The highest BCUT2D eigenvalue weighted by atomic mass is 15.1. The number of aromatic nitrogens is 1. The molecule has 1 aromatic rings. The normalized spacial score (nSPS) is 15.6. The SMILES string of the molecule is CCN(CC1CCC1)c1ccnc(CNC(C)C)c1. The van der Waals surface area contributed by atoms with E-state index < -0.39 is 0 Å². The van der Waals surface area contributed by atoms with Crippen LogP contribution in [0, 0.1) is 5.92 Å². The zero-order valence-electron chi connectivity index (χ0n) is 12.5. The molecule has 0 bridgehead atoms. The number of hydrogen-bond donors (Lipinski definition) is 1. The van der Waals surface area contributed by atoms with E-state index >= 15 is 0 Å². The van der Waals surface area contributed by atoms with Crippen LogP contribution in [0.3, 0.4) is 0 Å². The van der Waals surface area contributed by atoms with Crippen molar-refractivity contribution in [3.63, 3.8) is 0 Å². The molecule has 1 N–H and O–H groups in total. The van der Waals surface area contributed by atoms with Crippen LogP contribution < -0.4 is 10.2 Å². The zero-order chi connectivity index (χ0) is 13.7. The van der Waals surface area contributed by atoms with E-state index in [0.29, 0.717) is 6.04 Å². The molecule has 106 valence electrons. The molecule has 1 heterocycles. The average Bonchev–Trinajstić information content (AvgIpc) is 2.36. The summed E-state index contributed by atoms with van der Waals surface area (Å²) in [6.07, 6.45) is 6.17. The van der Waals surface area contributed by atoms with Gasteiger partial charge in [0, 0.05) is 37.6 Å². The van der Waals surface area contributed by atoms with E-state index in [0.717, 1.165) is 24.7 Å². The summed E-state index contributed by atoms with van der Waals surface area (Å²) in [6, 6.07) is 4.88. The summed E-state index contributed by atoms with van der Waals surface area (Å²) in [7, 11) is 0. The first kappa shape index (κ1) is 14.3. The lowest BCUT2D eigenvalue weighted by molar-refractivity contribution is 0.318. The smallest absolute Gasteiger partial charge is 0.0562 e. The maximum absolute atomic E-state index is 4.45. The maximum atomic E-state index is 4.45. The van der Waals surface area contributed by atoms with Crippen molar-refractivity contribution < 1.29 is 0 Å². The topological polar surface area (TPSA) is 28.2 Å². The Morgan fingerprint density at radius 1 is 1.42 bits per heavy atom. The highest BCUT2D eigenvalue weighted by molar-refractivity contribution is 5.46. The van der Waals surface area contributed by atoms with Crippen LogP contribution in [-0.4, -0.2) is 24.1 Å². The van der Waals surface area contributed by atoms with Crippen LogP contribution in [-0.2, 0) is 6.54 Å². The van der Waals surface area contributed by atoms with Crippen LogP contribution in [0.25, 0.3) is 0 Å². The van der Waals surface area contributed by atoms with Crippen molar-refractivity contribution in [1.82, 2.24) is 10.3 Å². The van der Waals surface area contributed by atoms with Gasteiger partial charge in [-0.3, -0.25) is 4.98 Å². The first-order valence-corrected chi connectivity index (χ1v) is 7.62. The van der Waals surface area contributed by atoms with Crippen molar-refractivity contribution in [1.29, 1.82) is 0 Å². The lowest BCUT2D eigenvalue weighted by Crippen LogP contribution is -2.32. The Morgan fingerprint density at radius 2 is 2.21 bits per heavy atom. The van der Waals surface area contributed by atoms with Crippen LogP contribution >= 0.6 is 0 Å².